The maximum atomic E-state index is 16.3. The summed E-state index contributed by atoms with van der Waals surface area (Å²) in [6, 6.07) is 16.6. The molecule has 10 heteroatoms. The first kappa shape index (κ1) is 30.4. The van der Waals surface area contributed by atoms with E-state index >= 15 is 8.78 Å². The Hall–Kier alpha value is -4.41. The molecule has 5 aromatic rings. The number of nitrogens with zero attached hydrogens (tertiary/aromatic N) is 3. The second-order valence-electron chi connectivity index (χ2n) is 16.0. The number of aromatic nitrogens is 4. The fraction of sp³-hybridized carbons (Fsp3) is 0.425. The van der Waals surface area contributed by atoms with Gasteiger partial charge < -0.3 is 25.9 Å². The molecule has 0 unspecified atom stereocenters. The normalized spacial score (nSPS) is 25.9. The summed E-state index contributed by atoms with van der Waals surface area (Å²) in [7, 11) is 0. The summed E-state index contributed by atoms with van der Waals surface area (Å²) in [4.78, 5) is 31.9. The Labute approximate surface area is 289 Å². The number of carbonyl (C=O) groups is 1. The Morgan fingerprint density at radius 1 is 0.940 bits per heavy atom. The monoisotopic (exact) mass is 673 g/mol. The van der Waals surface area contributed by atoms with Gasteiger partial charge in [-0.05, 0) is 102 Å². The van der Waals surface area contributed by atoms with E-state index in [9.17, 15) is 4.79 Å². The number of rotatable bonds is 6. The summed E-state index contributed by atoms with van der Waals surface area (Å²) < 4.78 is 32.7. The molecule has 0 radical (unpaired) electrons. The number of halogens is 2. The predicted molar refractivity (Wildman–Crippen MR) is 188 cm³/mol. The van der Waals surface area contributed by atoms with Crippen molar-refractivity contribution >= 4 is 16.9 Å². The lowest BCUT2D eigenvalue weighted by Gasteiger charge is -2.27. The van der Waals surface area contributed by atoms with Crippen LogP contribution < -0.4 is 11.1 Å². The second-order valence-corrected chi connectivity index (χ2v) is 16.0. The maximum Gasteiger partial charge on any atom is 0.299 e. The number of hydrogen-bond donors (Lipinski definition) is 4. The summed E-state index contributed by atoms with van der Waals surface area (Å²) in [6.07, 6.45) is 8.47. The van der Waals surface area contributed by atoms with Crippen molar-refractivity contribution in [2.45, 2.75) is 82.5 Å². The molecule has 4 fully saturated rings. The smallest absolute Gasteiger partial charge is 0.299 e. The number of nitrogens with two attached hydrogens (primary N) is 1. The van der Waals surface area contributed by atoms with Crippen LogP contribution in [0.25, 0.3) is 44.5 Å². The van der Waals surface area contributed by atoms with Crippen LogP contribution in [0, 0.1) is 17.3 Å². The highest BCUT2D eigenvalue weighted by molar-refractivity contribution is 5.87. The van der Waals surface area contributed by atoms with Gasteiger partial charge in [-0.15, -0.1) is 0 Å². The fourth-order valence-electron chi connectivity index (χ4n) is 9.28. The number of aromatic amines is 2. The van der Waals surface area contributed by atoms with E-state index in [2.05, 4.69) is 15.3 Å². The van der Waals surface area contributed by atoms with Crippen molar-refractivity contribution in [2.75, 3.05) is 6.54 Å². The van der Waals surface area contributed by atoms with Crippen LogP contribution in [0.4, 0.5) is 8.78 Å². The zero-order valence-corrected chi connectivity index (χ0v) is 28.3. The Bertz CT molecular complexity index is 2200. The third-order valence-electron chi connectivity index (χ3n) is 12.5. The zero-order valence-electron chi connectivity index (χ0n) is 28.3. The third kappa shape index (κ3) is 4.57. The molecule has 256 valence electrons. The fourth-order valence-corrected chi connectivity index (χ4v) is 9.28. The number of carbonyl (C=O) groups excluding carboxylic acids is 1. The van der Waals surface area contributed by atoms with Gasteiger partial charge in [-0.1, -0.05) is 44.2 Å². The second kappa shape index (κ2) is 10.6. The van der Waals surface area contributed by atoms with Crippen molar-refractivity contribution in [1.82, 2.24) is 30.2 Å². The Kier molecular flexibility index (Phi) is 6.42. The SMILES string of the molecule is CC(C)[C@H](N)C(=O)N1CC2(CC2)C[C@H]1c1nc(-c2ccc3c(c2)C(F)(F)c2cc(-c4ccc5[nH]c([C@H]6N[C@@H]7CC[C@H]6C7)nc5c4)ccc2-3)c[nH]1. The van der Waals surface area contributed by atoms with Crippen LogP contribution in [0.15, 0.2) is 60.8 Å². The van der Waals surface area contributed by atoms with Crippen molar-refractivity contribution in [3.8, 4) is 33.5 Å². The van der Waals surface area contributed by atoms with E-state index in [0.717, 1.165) is 47.2 Å². The van der Waals surface area contributed by atoms with Gasteiger partial charge in [-0.3, -0.25) is 4.79 Å². The molecular formula is C40H41F2N7O. The number of imidazole rings is 2. The lowest BCUT2D eigenvalue weighted by molar-refractivity contribution is -0.134. The number of likely N-dealkylation sites (tertiary alicyclic amines) is 1. The van der Waals surface area contributed by atoms with Gasteiger partial charge >= 0.3 is 0 Å². The molecule has 2 saturated heterocycles. The first-order chi connectivity index (χ1) is 24.1. The highest BCUT2D eigenvalue weighted by Crippen LogP contribution is 2.58. The molecule has 50 heavy (non-hydrogen) atoms. The van der Waals surface area contributed by atoms with Gasteiger partial charge in [0.25, 0.3) is 5.92 Å². The van der Waals surface area contributed by atoms with E-state index in [1.165, 1.54) is 19.3 Å². The third-order valence-corrected chi connectivity index (χ3v) is 12.5. The Morgan fingerprint density at radius 2 is 1.66 bits per heavy atom. The average Bonchev–Trinajstić information content (AvgIpc) is 3.77. The maximum absolute atomic E-state index is 16.3. The van der Waals surface area contributed by atoms with Gasteiger partial charge in [0.2, 0.25) is 5.91 Å². The van der Waals surface area contributed by atoms with Crippen molar-refractivity contribution in [2.24, 2.45) is 23.0 Å². The number of amides is 1. The number of fused-ring (bicyclic) bond motifs is 6. The van der Waals surface area contributed by atoms with Crippen LogP contribution in [-0.2, 0) is 10.7 Å². The number of alkyl halides is 2. The van der Waals surface area contributed by atoms with Crippen LogP contribution in [0.2, 0.25) is 0 Å². The van der Waals surface area contributed by atoms with Gasteiger partial charge in [-0.2, -0.15) is 8.78 Å². The lowest BCUT2D eigenvalue weighted by atomic mass is 9.98. The summed E-state index contributed by atoms with van der Waals surface area (Å²) in [5.41, 5.74) is 12.1. The predicted octanol–water partition coefficient (Wildman–Crippen LogP) is 7.59. The largest absolute Gasteiger partial charge is 0.346 e. The Balaban J connectivity index is 0.930. The molecule has 3 aliphatic carbocycles. The average molecular weight is 674 g/mol. The molecule has 10 rings (SSSR count). The van der Waals surface area contributed by atoms with E-state index in [-0.39, 0.29) is 40.5 Å². The van der Waals surface area contributed by atoms with Crippen molar-refractivity contribution in [1.29, 1.82) is 0 Å². The van der Waals surface area contributed by atoms with Gasteiger partial charge in [-0.25, -0.2) is 9.97 Å². The number of benzene rings is 3. The molecule has 3 aromatic carbocycles. The summed E-state index contributed by atoms with van der Waals surface area (Å²) in [6.45, 7) is 4.61. The number of H-pyrrole nitrogens is 2. The minimum Gasteiger partial charge on any atom is -0.346 e. The van der Waals surface area contributed by atoms with E-state index in [0.29, 0.717) is 46.7 Å². The topological polar surface area (TPSA) is 116 Å². The van der Waals surface area contributed by atoms with Gasteiger partial charge in [0.15, 0.2) is 0 Å². The van der Waals surface area contributed by atoms with E-state index in [4.69, 9.17) is 15.7 Å². The number of hydrogen-bond acceptors (Lipinski definition) is 5. The van der Waals surface area contributed by atoms with Crippen LogP contribution >= 0.6 is 0 Å². The van der Waals surface area contributed by atoms with Gasteiger partial charge in [0, 0.05) is 35.5 Å². The molecule has 5 atom stereocenters. The molecule has 1 amide bonds. The van der Waals surface area contributed by atoms with Crippen LogP contribution in [0.5, 0.6) is 0 Å². The molecule has 1 spiro atoms. The molecule has 8 nitrogen and oxygen atoms in total. The molecule has 4 heterocycles. The standard InChI is InChI=1S/C40H41F2N7O/c1-20(2)34(43)38(50)49-19-39(11-12-39)17-33(49)36-44-18-32(48-36)23-5-9-27-26-8-4-21(14-28(26)40(41,42)29(27)15-23)22-6-10-30-31(16-22)47-37(46-30)35-24-3-7-25(13-24)45-35/h4-6,8-10,14-16,18,20,24-25,33-35,45H,3,7,11-13,17,19,43H2,1-2H3,(H,44,48)(H,46,47)/t24-,25+,33-,34-,35-/m0/s1. The minimum absolute atomic E-state index is 0.00944. The van der Waals surface area contributed by atoms with E-state index < -0.39 is 12.0 Å². The van der Waals surface area contributed by atoms with Gasteiger partial charge in [0.1, 0.15) is 11.6 Å². The van der Waals surface area contributed by atoms with Crippen molar-refractivity contribution in [3.63, 3.8) is 0 Å². The highest BCUT2D eigenvalue weighted by atomic mass is 19.3. The van der Waals surface area contributed by atoms with Crippen LogP contribution in [0.3, 0.4) is 0 Å². The van der Waals surface area contributed by atoms with Crippen molar-refractivity contribution in [3.05, 3.63) is 83.6 Å². The minimum atomic E-state index is -3.17. The summed E-state index contributed by atoms with van der Waals surface area (Å²) in [5.74, 6) is -0.928. The first-order valence-corrected chi connectivity index (χ1v) is 18.1. The molecule has 5 N–H and O–H groups in total. The van der Waals surface area contributed by atoms with Crippen molar-refractivity contribution < 1.29 is 13.6 Å². The molecule has 2 aromatic heterocycles. The lowest BCUT2D eigenvalue weighted by Crippen LogP contribution is -2.46. The molecule has 2 bridgehead atoms. The highest BCUT2D eigenvalue weighted by Gasteiger charge is 2.55. The molecule has 2 saturated carbocycles. The van der Waals surface area contributed by atoms with E-state index in [1.54, 1.807) is 24.4 Å². The molecule has 5 aliphatic rings. The molecular weight excluding hydrogens is 632 g/mol. The molecule has 2 aliphatic heterocycles. The quantitative estimate of drug-likeness (QED) is 0.148. The number of piperidine rings is 1. The summed E-state index contributed by atoms with van der Waals surface area (Å²) >= 11 is 0. The van der Waals surface area contributed by atoms with Crippen LogP contribution in [0.1, 0.15) is 87.2 Å². The summed E-state index contributed by atoms with van der Waals surface area (Å²) in [5, 5.41) is 3.70. The van der Waals surface area contributed by atoms with Crippen LogP contribution in [-0.4, -0.2) is 49.4 Å². The number of nitrogens with one attached hydrogen (secondary N) is 3. The van der Waals surface area contributed by atoms with Gasteiger partial charge in [0.05, 0.1) is 34.9 Å². The Morgan fingerprint density at radius 3 is 2.36 bits per heavy atom. The first-order valence-electron chi connectivity index (χ1n) is 18.1. The zero-order chi connectivity index (χ0) is 34.1. The van der Waals surface area contributed by atoms with E-state index in [1.807, 2.05) is 55.1 Å².